The molecule has 0 saturated heterocycles. The molecule has 0 aromatic heterocycles. The minimum absolute atomic E-state index is 0.0151. The van der Waals surface area contributed by atoms with Gasteiger partial charge in [0.1, 0.15) is 0 Å². The standard InChI is InChI=1S/C15H22N2O4/c1-8(13(18)16-2)7-17(3)14(19)11-9-4-5-10(6-9)12(11)15(20)21/h4-5,8-12H,6-7H2,1-3H3,(H,16,18)(H,20,21)/t8?,9?,10?,11-,12+/m0/s1. The van der Waals surface area contributed by atoms with Gasteiger partial charge in [0.25, 0.3) is 0 Å². The number of aliphatic carboxylic acids is 1. The second-order valence-corrected chi connectivity index (χ2v) is 6.07. The van der Waals surface area contributed by atoms with Gasteiger partial charge in [-0.2, -0.15) is 0 Å². The van der Waals surface area contributed by atoms with Gasteiger partial charge in [-0.15, -0.1) is 0 Å². The molecule has 3 unspecified atom stereocenters. The molecule has 21 heavy (non-hydrogen) atoms. The largest absolute Gasteiger partial charge is 0.481 e. The highest BCUT2D eigenvalue weighted by Crippen LogP contribution is 2.48. The zero-order valence-electron chi connectivity index (χ0n) is 12.6. The summed E-state index contributed by atoms with van der Waals surface area (Å²) < 4.78 is 0. The van der Waals surface area contributed by atoms with Crippen LogP contribution >= 0.6 is 0 Å². The van der Waals surface area contributed by atoms with Crippen molar-refractivity contribution in [1.82, 2.24) is 10.2 Å². The topological polar surface area (TPSA) is 86.7 Å². The first-order valence-electron chi connectivity index (χ1n) is 7.24. The predicted molar refractivity (Wildman–Crippen MR) is 76.2 cm³/mol. The molecule has 2 amide bonds. The number of nitrogens with one attached hydrogen (secondary N) is 1. The van der Waals surface area contributed by atoms with Crippen LogP contribution in [0.3, 0.4) is 0 Å². The first kappa shape index (κ1) is 15.5. The highest BCUT2D eigenvalue weighted by molar-refractivity contribution is 5.87. The van der Waals surface area contributed by atoms with Crippen LogP contribution in [-0.4, -0.2) is 48.4 Å². The molecule has 6 nitrogen and oxygen atoms in total. The van der Waals surface area contributed by atoms with E-state index in [0.717, 1.165) is 6.42 Å². The summed E-state index contributed by atoms with van der Waals surface area (Å²) in [7, 11) is 3.19. The third-order valence-corrected chi connectivity index (χ3v) is 4.65. The van der Waals surface area contributed by atoms with Crippen molar-refractivity contribution in [3.63, 3.8) is 0 Å². The molecule has 6 heteroatoms. The summed E-state index contributed by atoms with van der Waals surface area (Å²) in [6.07, 6.45) is 4.62. The maximum atomic E-state index is 12.6. The fourth-order valence-corrected chi connectivity index (χ4v) is 3.58. The number of fused-ring (bicyclic) bond motifs is 2. The van der Waals surface area contributed by atoms with Crippen LogP contribution in [0.25, 0.3) is 0 Å². The van der Waals surface area contributed by atoms with E-state index in [2.05, 4.69) is 5.32 Å². The van der Waals surface area contributed by atoms with E-state index in [9.17, 15) is 19.5 Å². The minimum Gasteiger partial charge on any atom is -0.481 e. The molecule has 2 aliphatic carbocycles. The third kappa shape index (κ3) is 2.80. The molecule has 0 spiro atoms. The average molecular weight is 294 g/mol. The number of hydrogen-bond donors (Lipinski definition) is 2. The smallest absolute Gasteiger partial charge is 0.307 e. The lowest BCUT2D eigenvalue weighted by Gasteiger charge is -2.29. The van der Waals surface area contributed by atoms with Crippen molar-refractivity contribution in [3.8, 4) is 0 Å². The van der Waals surface area contributed by atoms with Crippen molar-refractivity contribution in [2.45, 2.75) is 13.3 Å². The van der Waals surface area contributed by atoms with Crippen LogP contribution in [0.2, 0.25) is 0 Å². The van der Waals surface area contributed by atoms with E-state index in [1.165, 1.54) is 4.90 Å². The molecule has 0 aromatic carbocycles. The van der Waals surface area contributed by atoms with Gasteiger partial charge in [0, 0.05) is 20.6 Å². The van der Waals surface area contributed by atoms with Crippen LogP contribution in [0.1, 0.15) is 13.3 Å². The predicted octanol–water partition coefficient (Wildman–Crippen LogP) is 0.350. The Balaban J connectivity index is 2.07. The molecule has 1 fully saturated rings. The number of carbonyl (C=O) groups is 3. The SMILES string of the molecule is CNC(=O)C(C)CN(C)C(=O)[C@H]1C2C=CC(C2)[C@H]1C(=O)O. The fraction of sp³-hybridized carbons (Fsp3) is 0.667. The van der Waals surface area contributed by atoms with Gasteiger partial charge in [0.2, 0.25) is 11.8 Å². The molecule has 2 rings (SSSR count). The zero-order valence-corrected chi connectivity index (χ0v) is 12.6. The molecule has 0 aliphatic heterocycles. The van der Waals surface area contributed by atoms with Crippen molar-refractivity contribution in [3.05, 3.63) is 12.2 Å². The third-order valence-electron chi connectivity index (χ3n) is 4.65. The van der Waals surface area contributed by atoms with Gasteiger partial charge in [-0.05, 0) is 18.3 Å². The second kappa shape index (κ2) is 5.87. The lowest BCUT2D eigenvalue weighted by atomic mass is 9.82. The highest BCUT2D eigenvalue weighted by atomic mass is 16.4. The maximum absolute atomic E-state index is 12.6. The van der Waals surface area contributed by atoms with Crippen molar-refractivity contribution in [2.24, 2.45) is 29.6 Å². The molecule has 116 valence electrons. The Kier molecular flexibility index (Phi) is 4.34. The van der Waals surface area contributed by atoms with Gasteiger partial charge in [-0.3, -0.25) is 14.4 Å². The number of allylic oxidation sites excluding steroid dienone is 2. The van der Waals surface area contributed by atoms with Gasteiger partial charge in [0.05, 0.1) is 17.8 Å². The summed E-state index contributed by atoms with van der Waals surface area (Å²) >= 11 is 0. The first-order valence-corrected chi connectivity index (χ1v) is 7.24. The quantitative estimate of drug-likeness (QED) is 0.716. The van der Waals surface area contributed by atoms with E-state index < -0.39 is 17.8 Å². The Morgan fingerprint density at radius 2 is 1.86 bits per heavy atom. The summed E-state index contributed by atoms with van der Waals surface area (Å²) in [5.41, 5.74) is 0. The average Bonchev–Trinajstić information content (AvgIpc) is 3.05. The summed E-state index contributed by atoms with van der Waals surface area (Å²) in [6, 6.07) is 0. The highest BCUT2D eigenvalue weighted by Gasteiger charge is 2.52. The molecule has 0 aromatic rings. The van der Waals surface area contributed by atoms with E-state index in [-0.39, 0.29) is 29.6 Å². The van der Waals surface area contributed by atoms with Crippen LogP contribution in [0.5, 0.6) is 0 Å². The Bertz CT molecular complexity index is 488. The van der Waals surface area contributed by atoms with Gasteiger partial charge in [0.15, 0.2) is 0 Å². The summed E-state index contributed by atoms with van der Waals surface area (Å²) in [5.74, 6) is -2.68. The van der Waals surface area contributed by atoms with Gasteiger partial charge in [-0.25, -0.2) is 0 Å². The molecule has 2 N–H and O–H groups in total. The summed E-state index contributed by atoms with van der Waals surface area (Å²) in [4.78, 5) is 37.1. The Morgan fingerprint density at radius 1 is 1.29 bits per heavy atom. The second-order valence-electron chi connectivity index (χ2n) is 6.07. The van der Waals surface area contributed by atoms with Crippen molar-refractivity contribution in [2.75, 3.05) is 20.6 Å². The van der Waals surface area contributed by atoms with E-state index >= 15 is 0 Å². The summed E-state index contributed by atoms with van der Waals surface area (Å²) in [6.45, 7) is 2.04. The molecule has 0 radical (unpaired) electrons. The van der Waals surface area contributed by atoms with Crippen LogP contribution in [0.4, 0.5) is 0 Å². The number of hydrogen-bond acceptors (Lipinski definition) is 3. The zero-order chi connectivity index (χ0) is 15.7. The Labute approximate surface area is 124 Å². The van der Waals surface area contributed by atoms with E-state index in [1.807, 2.05) is 12.2 Å². The lowest BCUT2D eigenvalue weighted by Crippen LogP contribution is -2.44. The van der Waals surface area contributed by atoms with Gasteiger partial charge in [-0.1, -0.05) is 19.1 Å². The number of nitrogens with zero attached hydrogens (tertiary/aromatic N) is 1. The summed E-state index contributed by atoms with van der Waals surface area (Å²) in [5, 5.41) is 11.9. The molecule has 2 bridgehead atoms. The molecule has 0 heterocycles. The normalized spacial score (nSPS) is 31.0. The van der Waals surface area contributed by atoms with E-state index in [4.69, 9.17) is 0 Å². The number of rotatable bonds is 5. The number of carboxylic acid groups (broad SMARTS) is 1. The molecular weight excluding hydrogens is 272 g/mol. The first-order chi connectivity index (χ1) is 9.86. The molecular formula is C15H22N2O4. The number of carbonyl (C=O) groups excluding carboxylic acids is 2. The molecule has 5 atom stereocenters. The lowest BCUT2D eigenvalue weighted by molar-refractivity contribution is -0.151. The maximum Gasteiger partial charge on any atom is 0.307 e. The Morgan fingerprint density at radius 3 is 2.38 bits per heavy atom. The number of carboxylic acids is 1. The molecule has 1 saturated carbocycles. The monoisotopic (exact) mass is 294 g/mol. The van der Waals surface area contributed by atoms with Crippen LogP contribution < -0.4 is 5.32 Å². The van der Waals surface area contributed by atoms with Crippen molar-refractivity contribution >= 4 is 17.8 Å². The Hall–Kier alpha value is -1.85. The van der Waals surface area contributed by atoms with E-state index in [1.54, 1.807) is 21.0 Å². The van der Waals surface area contributed by atoms with Crippen LogP contribution in [-0.2, 0) is 14.4 Å². The van der Waals surface area contributed by atoms with Gasteiger partial charge < -0.3 is 15.3 Å². The van der Waals surface area contributed by atoms with E-state index in [0.29, 0.717) is 6.54 Å². The van der Waals surface area contributed by atoms with Gasteiger partial charge >= 0.3 is 5.97 Å². The fourth-order valence-electron chi connectivity index (χ4n) is 3.58. The molecule has 2 aliphatic rings. The van der Waals surface area contributed by atoms with Crippen LogP contribution in [0.15, 0.2) is 12.2 Å². The van der Waals surface area contributed by atoms with Crippen molar-refractivity contribution < 1.29 is 19.5 Å². The minimum atomic E-state index is -0.905. The number of amides is 2. The van der Waals surface area contributed by atoms with Crippen molar-refractivity contribution in [1.29, 1.82) is 0 Å². The van der Waals surface area contributed by atoms with Crippen LogP contribution in [0, 0.1) is 29.6 Å².